The van der Waals surface area contributed by atoms with Crippen LogP contribution in [0.2, 0.25) is 0 Å². The van der Waals surface area contributed by atoms with E-state index in [2.05, 4.69) is 33.4 Å². The number of hydrogen-bond donors (Lipinski definition) is 1. The van der Waals surface area contributed by atoms with Gasteiger partial charge >= 0.3 is 0 Å². The first-order valence-electron chi connectivity index (χ1n) is 9.06. The van der Waals surface area contributed by atoms with Crippen LogP contribution in [0.15, 0.2) is 35.7 Å². The van der Waals surface area contributed by atoms with Gasteiger partial charge in [-0.05, 0) is 31.7 Å². The molecule has 3 aromatic heterocycles. The summed E-state index contributed by atoms with van der Waals surface area (Å²) in [5.41, 5.74) is 3.52. The molecule has 1 atom stereocenters. The van der Waals surface area contributed by atoms with Crippen LogP contribution in [0, 0.1) is 11.3 Å². The molecule has 1 aliphatic heterocycles. The Labute approximate surface area is 162 Å². The molecule has 27 heavy (non-hydrogen) atoms. The Morgan fingerprint density at radius 2 is 2.19 bits per heavy atom. The third-order valence-corrected chi connectivity index (χ3v) is 5.87. The van der Waals surface area contributed by atoms with Crippen LogP contribution in [0.4, 0.5) is 0 Å². The van der Waals surface area contributed by atoms with Gasteiger partial charge < -0.3 is 5.11 Å². The van der Waals surface area contributed by atoms with Crippen molar-refractivity contribution in [3.05, 3.63) is 36.4 Å². The quantitative estimate of drug-likeness (QED) is 0.683. The molecule has 4 rings (SSSR count). The van der Waals surface area contributed by atoms with Crippen molar-refractivity contribution in [2.24, 2.45) is 0 Å². The average Bonchev–Trinajstić information content (AvgIpc) is 3.35. The van der Waals surface area contributed by atoms with Gasteiger partial charge in [-0.15, -0.1) is 11.8 Å². The Hall–Kier alpha value is -2.34. The first-order valence-corrected chi connectivity index (χ1v) is 10.3. The molecule has 0 aliphatic carbocycles. The predicted molar refractivity (Wildman–Crippen MR) is 105 cm³/mol. The Bertz CT molecular complexity index is 986. The fourth-order valence-corrected chi connectivity index (χ4v) is 4.40. The summed E-state index contributed by atoms with van der Waals surface area (Å²) in [5, 5.41) is 27.4. The molecule has 0 radical (unpaired) electrons. The van der Waals surface area contributed by atoms with E-state index < -0.39 is 0 Å². The normalized spacial score (nSPS) is 18.0. The second-order valence-electron chi connectivity index (χ2n) is 6.79. The monoisotopic (exact) mass is 382 g/mol. The summed E-state index contributed by atoms with van der Waals surface area (Å²) in [5.74, 6) is 0. The zero-order valence-corrected chi connectivity index (χ0v) is 16.1. The summed E-state index contributed by atoms with van der Waals surface area (Å²) in [4.78, 5) is 3.32. The molecule has 3 aromatic rings. The minimum absolute atomic E-state index is 0.198. The first-order chi connectivity index (χ1) is 13.2. The number of aliphatic hydroxyl groups excluding tert-OH is 1. The molecule has 1 N–H and O–H groups in total. The van der Waals surface area contributed by atoms with Crippen molar-refractivity contribution in [2.75, 3.05) is 32.5 Å². The Kier molecular flexibility index (Phi) is 5.16. The summed E-state index contributed by atoms with van der Waals surface area (Å²) >= 11 is 1.61. The molecule has 0 amide bonds. The molecule has 140 valence electrons. The molecule has 0 saturated carbocycles. The lowest BCUT2D eigenvalue weighted by molar-refractivity contribution is 0.138. The first kappa shape index (κ1) is 18.0. The molecular weight excluding hydrogens is 360 g/mol. The van der Waals surface area contributed by atoms with Crippen molar-refractivity contribution in [3.63, 3.8) is 0 Å². The molecule has 8 heteroatoms. The van der Waals surface area contributed by atoms with Crippen LogP contribution in [0.1, 0.15) is 24.4 Å². The van der Waals surface area contributed by atoms with E-state index in [1.54, 1.807) is 22.5 Å². The Morgan fingerprint density at radius 3 is 2.96 bits per heavy atom. The molecule has 0 aromatic carbocycles. The number of hydrogen-bond acceptors (Lipinski definition) is 6. The minimum atomic E-state index is 0.198. The number of aliphatic hydroxyl groups is 1. The molecular formula is C19H22N6OS. The number of piperidine rings is 1. The van der Waals surface area contributed by atoms with Crippen LogP contribution in [0.25, 0.3) is 16.6 Å². The lowest BCUT2D eigenvalue weighted by Gasteiger charge is -2.32. The lowest BCUT2D eigenvalue weighted by Crippen LogP contribution is -2.38. The fraction of sp³-hybridized carbons (Fsp3) is 0.421. The predicted octanol–water partition coefficient (Wildman–Crippen LogP) is 2.42. The van der Waals surface area contributed by atoms with Crippen LogP contribution in [0.5, 0.6) is 0 Å². The molecule has 7 nitrogen and oxygen atoms in total. The SMILES string of the molecule is CSc1cc(-c2cnn(C3CCCN(CCO)C3)c2)cn2ncc(C#N)c12. The number of nitrogens with zero attached hydrogens (tertiary/aromatic N) is 6. The van der Waals surface area contributed by atoms with Gasteiger partial charge in [-0.3, -0.25) is 9.58 Å². The third-order valence-electron chi connectivity index (χ3n) is 5.12. The number of rotatable bonds is 5. The molecule has 1 unspecified atom stereocenters. The second kappa shape index (κ2) is 7.72. The van der Waals surface area contributed by atoms with E-state index in [9.17, 15) is 10.4 Å². The number of aromatic nitrogens is 4. The third kappa shape index (κ3) is 3.46. The van der Waals surface area contributed by atoms with Gasteiger partial charge in [-0.25, -0.2) is 4.52 Å². The zero-order chi connectivity index (χ0) is 18.8. The van der Waals surface area contributed by atoms with Gasteiger partial charge in [-0.1, -0.05) is 0 Å². The Morgan fingerprint density at radius 1 is 1.30 bits per heavy atom. The summed E-state index contributed by atoms with van der Waals surface area (Å²) in [6.07, 6.45) is 11.8. The van der Waals surface area contributed by atoms with Crippen LogP contribution in [0.3, 0.4) is 0 Å². The van der Waals surface area contributed by atoms with E-state index in [4.69, 9.17) is 0 Å². The average molecular weight is 382 g/mol. The highest BCUT2D eigenvalue weighted by Crippen LogP contribution is 2.31. The maximum Gasteiger partial charge on any atom is 0.103 e. The van der Waals surface area contributed by atoms with Gasteiger partial charge in [0.2, 0.25) is 0 Å². The van der Waals surface area contributed by atoms with Crippen molar-refractivity contribution < 1.29 is 5.11 Å². The molecule has 1 aliphatic rings. The van der Waals surface area contributed by atoms with Crippen LogP contribution >= 0.6 is 11.8 Å². The van der Waals surface area contributed by atoms with Crippen molar-refractivity contribution in [2.45, 2.75) is 23.8 Å². The molecule has 4 heterocycles. The van der Waals surface area contributed by atoms with Gasteiger partial charge in [0.25, 0.3) is 0 Å². The van der Waals surface area contributed by atoms with Crippen LogP contribution < -0.4 is 0 Å². The van der Waals surface area contributed by atoms with Crippen molar-refractivity contribution in [1.82, 2.24) is 24.3 Å². The van der Waals surface area contributed by atoms with Crippen molar-refractivity contribution >= 4 is 17.3 Å². The van der Waals surface area contributed by atoms with E-state index in [1.165, 1.54) is 0 Å². The van der Waals surface area contributed by atoms with Crippen LogP contribution in [-0.4, -0.2) is 61.9 Å². The maximum absolute atomic E-state index is 9.29. The topological polar surface area (TPSA) is 82.4 Å². The standard InChI is InChI=1S/C19H22N6OS/c1-27-18-7-14(11-25-19(18)15(8-20)9-22-25)16-10-21-24(12-16)17-3-2-4-23(13-17)5-6-26/h7,9-12,17,26H,2-6,13H2,1H3. The van der Waals surface area contributed by atoms with Crippen molar-refractivity contribution in [3.8, 4) is 17.2 Å². The second-order valence-corrected chi connectivity index (χ2v) is 7.64. The van der Waals surface area contributed by atoms with E-state index in [1.807, 2.05) is 23.3 Å². The van der Waals surface area contributed by atoms with E-state index in [-0.39, 0.29) is 6.61 Å². The van der Waals surface area contributed by atoms with Gasteiger partial charge in [0.15, 0.2) is 0 Å². The fourth-order valence-electron chi connectivity index (χ4n) is 3.76. The van der Waals surface area contributed by atoms with Gasteiger partial charge in [-0.2, -0.15) is 15.5 Å². The molecule has 0 bridgehead atoms. The summed E-state index contributed by atoms with van der Waals surface area (Å²) in [6, 6.07) is 4.64. The maximum atomic E-state index is 9.29. The minimum Gasteiger partial charge on any atom is -0.395 e. The zero-order valence-electron chi connectivity index (χ0n) is 15.2. The molecule has 1 fully saturated rings. The summed E-state index contributed by atoms with van der Waals surface area (Å²) < 4.78 is 3.83. The van der Waals surface area contributed by atoms with Gasteiger partial charge in [0.05, 0.1) is 36.1 Å². The number of thioether (sulfide) groups is 1. The van der Waals surface area contributed by atoms with Gasteiger partial charge in [0, 0.05) is 41.5 Å². The Balaban J connectivity index is 1.64. The van der Waals surface area contributed by atoms with E-state index in [0.29, 0.717) is 11.6 Å². The lowest BCUT2D eigenvalue weighted by atomic mass is 10.1. The number of pyridine rings is 1. The summed E-state index contributed by atoms with van der Waals surface area (Å²) in [6.45, 7) is 2.88. The summed E-state index contributed by atoms with van der Waals surface area (Å²) in [7, 11) is 0. The highest BCUT2D eigenvalue weighted by atomic mass is 32.2. The number of β-amino-alcohol motifs (C(OH)–C–C–N with tert-alkyl or cyclic N) is 1. The highest BCUT2D eigenvalue weighted by Gasteiger charge is 2.22. The van der Waals surface area contributed by atoms with Gasteiger partial charge in [0.1, 0.15) is 6.07 Å². The number of fused-ring (bicyclic) bond motifs is 1. The molecule has 0 spiro atoms. The number of nitriles is 1. The van der Waals surface area contributed by atoms with Crippen molar-refractivity contribution in [1.29, 1.82) is 5.26 Å². The molecule has 1 saturated heterocycles. The number of likely N-dealkylation sites (tertiary alicyclic amines) is 1. The van der Waals surface area contributed by atoms with E-state index in [0.717, 1.165) is 54.0 Å². The largest absolute Gasteiger partial charge is 0.395 e. The van der Waals surface area contributed by atoms with Crippen LogP contribution in [-0.2, 0) is 0 Å². The smallest absolute Gasteiger partial charge is 0.103 e. The van der Waals surface area contributed by atoms with E-state index >= 15 is 0 Å². The highest BCUT2D eigenvalue weighted by molar-refractivity contribution is 7.98.